The van der Waals surface area contributed by atoms with E-state index in [9.17, 15) is 0 Å². The second kappa shape index (κ2) is 5.78. The summed E-state index contributed by atoms with van der Waals surface area (Å²) in [5, 5.41) is 8.88. The minimum absolute atomic E-state index is 0.0712. The van der Waals surface area contributed by atoms with E-state index < -0.39 is 0 Å². The van der Waals surface area contributed by atoms with Crippen molar-refractivity contribution < 1.29 is 0 Å². The Hall–Kier alpha value is -0.670. The van der Waals surface area contributed by atoms with Crippen LogP contribution < -0.4 is 5.73 Å². The van der Waals surface area contributed by atoms with Crippen LogP contribution in [0, 0.1) is 5.41 Å². The molecule has 0 amide bonds. The van der Waals surface area contributed by atoms with Gasteiger partial charge in [0.1, 0.15) is 5.84 Å². The van der Waals surface area contributed by atoms with Crippen molar-refractivity contribution in [2.24, 2.45) is 5.73 Å². The molecular weight excluding hydrogens is 252 g/mol. The second-order valence-electron chi connectivity index (χ2n) is 4.44. The van der Waals surface area contributed by atoms with E-state index in [1.807, 2.05) is 23.9 Å². The highest BCUT2D eigenvalue weighted by molar-refractivity contribution is 7.99. The molecule has 0 saturated heterocycles. The number of thioether (sulfide) groups is 1. The number of nitrogen functional groups attached to an aromatic ring is 1. The Morgan fingerprint density at radius 1 is 1.41 bits per heavy atom. The standard InChI is InChI=1S/C13H17ClN2S/c14-12-7-9(13(15)16)5-6-10(12)8-17-11-3-1-2-4-11/h5-7,11H,1-4,8H2,(H3,15,16). The van der Waals surface area contributed by atoms with Gasteiger partial charge in [0.15, 0.2) is 0 Å². The van der Waals surface area contributed by atoms with E-state index in [2.05, 4.69) is 0 Å². The molecule has 4 heteroatoms. The third-order valence-corrected chi connectivity index (χ3v) is 4.91. The lowest BCUT2D eigenvalue weighted by molar-refractivity contribution is 0.886. The third kappa shape index (κ3) is 3.39. The van der Waals surface area contributed by atoms with Gasteiger partial charge in [0.25, 0.3) is 0 Å². The van der Waals surface area contributed by atoms with Crippen molar-refractivity contribution in [1.29, 1.82) is 5.41 Å². The van der Waals surface area contributed by atoms with Gasteiger partial charge in [0.05, 0.1) is 0 Å². The highest BCUT2D eigenvalue weighted by Gasteiger charge is 2.15. The first kappa shape index (κ1) is 12.8. The van der Waals surface area contributed by atoms with Crippen LogP contribution in [-0.4, -0.2) is 11.1 Å². The molecule has 1 saturated carbocycles. The summed E-state index contributed by atoms with van der Waals surface area (Å²) in [6, 6.07) is 5.65. The first-order valence-corrected chi connectivity index (χ1v) is 7.34. The maximum atomic E-state index is 7.35. The fraction of sp³-hybridized carbons (Fsp3) is 0.462. The Bertz CT molecular complexity index is 414. The van der Waals surface area contributed by atoms with Gasteiger partial charge < -0.3 is 5.73 Å². The van der Waals surface area contributed by atoms with Gasteiger partial charge in [-0.2, -0.15) is 11.8 Å². The maximum absolute atomic E-state index is 7.35. The lowest BCUT2D eigenvalue weighted by Crippen LogP contribution is -2.10. The van der Waals surface area contributed by atoms with Gasteiger partial charge in [-0.3, -0.25) is 5.41 Å². The Balaban J connectivity index is 1.98. The van der Waals surface area contributed by atoms with Crippen molar-refractivity contribution in [2.75, 3.05) is 0 Å². The molecule has 1 aliphatic rings. The van der Waals surface area contributed by atoms with Crippen molar-refractivity contribution >= 4 is 29.2 Å². The number of hydrogen-bond acceptors (Lipinski definition) is 2. The van der Waals surface area contributed by atoms with Crippen LogP contribution in [-0.2, 0) is 5.75 Å². The Morgan fingerprint density at radius 2 is 2.12 bits per heavy atom. The van der Waals surface area contributed by atoms with Gasteiger partial charge in [0.2, 0.25) is 0 Å². The molecular formula is C13H17ClN2S. The summed E-state index contributed by atoms with van der Waals surface area (Å²) in [4.78, 5) is 0. The maximum Gasteiger partial charge on any atom is 0.122 e. The van der Waals surface area contributed by atoms with Gasteiger partial charge in [-0.05, 0) is 24.5 Å². The zero-order valence-electron chi connectivity index (χ0n) is 9.71. The average molecular weight is 269 g/mol. The normalized spacial score (nSPS) is 16.3. The number of amidine groups is 1. The topological polar surface area (TPSA) is 49.9 Å². The van der Waals surface area contributed by atoms with Crippen molar-refractivity contribution in [2.45, 2.75) is 36.7 Å². The van der Waals surface area contributed by atoms with E-state index in [0.717, 1.165) is 21.6 Å². The highest BCUT2D eigenvalue weighted by atomic mass is 35.5. The molecule has 0 radical (unpaired) electrons. The monoisotopic (exact) mass is 268 g/mol. The molecule has 0 aromatic heterocycles. The zero-order valence-corrected chi connectivity index (χ0v) is 11.3. The van der Waals surface area contributed by atoms with Crippen LogP contribution in [0.1, 0.15) is 36.8 Å². The van der Waals surface area contributed by atoms with Gasteiger partial charge >= 0.3 is 0 Å². The highest BCUT2D eigenvalue weighted by Crippen LogP contribution is 2.33. The molecule has 0 spiro atoms. The van der Waals surface area contributed by atoms with Crippen LogP contribution in [0.25, 0.3) is 0 Å². The van der Waals surface area contributed by atoms with Crippen LogP contribution in [0.5, 0.6) is 0 Å². The first-order chi connectivity index (χ1) is 8.16. The van der Waals surface area contributed by atoms with Gasteiger partial charge in [0, 0.05) is 21.6 Å². The van der Waals surface area contributed by atoms with Crippen LogP contribution in [0.4, 0.5) is 0 Å². The fourth-order valence-electron chi connectivity index (χ4n) is 2.09. The summed E-state index contributed by atoms with van der Waals surface area (Å²) < 4.78 is 0. The molecule has 92 valence electrons. The Kier molecular flexibility index (Phi) is 4.35. The van der Waals surface area contributed by atoms with Crippen molar-refractivity contribution in [1.82, 2.24) is 0 Å². The first-order valence-electron chi connectivity index (χ1n) is 5.91. The molecule has 0 bridgehead atoms. The summed E-state index contributed by atoms with van der Waals surface area (Å²) >= 11 is 8.19. The largest absolute Gasteiger partial charge is 0.384 e. The minimum Gasteiger partial charge on any atom is -0.384 e. The molecule has 2 rings (SSSR count). The van der Waals surface area contributed by atoms with Crippen LogP contribution >= 0.6 is 23.4 Å². The predicted octanol–water partition coefficient (Wildman–Crippen LogP) is 3.80. The molecule has 1 aromatic carbocycles. The predicted molar refractivity (Wildman–Crippen MR) is 76.0 cm³/mol. The SMILES string of the molecule is N=C(N)c1ccc(CSC2CCCC2)c(Cl)c1. The Morgan fingerprint density at radius 3 is 2.71 bits per heavy atom. The van der Waals surface area contributed by atoms with Crippen LogP contribution in [0.3, 0.4) is 0 Å². The second-order valence-corrected chi connectivity index (χ2v) is 6.13. The average Bonchev–Trinajstić information content (AvgIpc) is 2.80. The van der Waals surface area contributed by atoms with E-state index in [0.29, 0.717) is 5.56 Å². The van der Waals surface area contributed by atoms with E-state index in [1.165, 1.54) is 25.7 Å². The smallest absolute Gasteiger partial charge is 0.122 e. The van der Waals surface area contributed by atoms with Crippen molar-refractivity contribution in [3.8, 4) is 0 Å². The number of hydrogen-bond donors (Lipinski definition) is 2. The lowest BCUT2D eigenvalue weighted by Gasteiger charge is -2.10. The zero-order chi connectivity index (χ0) is 12.3. The van der Waals surface area contributed by atoms with Gasteiger partial charge in [-0.1, -0.05) is 36.6 Å². The molecule has 0 atom stereocenters. The summed E-state index contributed by atoms with van der Waals surface area (Å²) in [7, 11) is 0. The Labute approximate surface area is 111 Å². The van der Waals surface area contributed by atoms with E-state index in [1.54, 1.807) is 6.07 Å². The molecule has 1 aliphatic carbocycles. The molecule has 1 aromatic rings. The summed E-state index contributed by atoms with van der Waals surface area (Å²) in [5.74, 6) is 1.03. The molecule has 0 heterocycles. The van der Waals surface area contributed by atoms with Gasteiger partial charge in [-0.25, -0.2) is 0 Å². The summed E-state index contributed by atoms with van der Waals surface area (Å²) in [6.45, 7) is 0. The molecule has 17 heavy (non-hydrogen) atoms. The van der Waals surface area contributed by atoms with Crippen LogP contribution in [0.15, 0.2) is 18.2 Å². The summed E-state index contributed by atoms with van der Waals surface area (Å²) in [5.41, 5.74) is 7.27. The number of halogens is 1. The van der Waals surface area contributed by atoms with Crippen molar-refractivity contribution in [3.05, 3.63) is 34.3 Å². The minimum atomic E-state index is 0.0712. The molecule has 2 nitrogen and oxygen atoms in total. The number of nitrogens with one attached hydrogen (secondary N) is 1. The number of benzene rings is 1. The van der Waals surface area contributed by atoms with Crippen molar-refractivity contribution in [3.63, 3.8) is 0 Å². The molecule has 0 aliphatic heterocycles. The number of rotatable bonds is 4. The lowest BCUT2D eigenvalue weighted by atomic mass is 10.1. The molecule has 0 unspecified atom stereocenters. The fourth-order valence-corrected chi connectivity index (χ4v) is 3.75. The van der Waals surface area contributed by atoms with E-state index >= 15 is 0 Å². The summed E-state index contributed by atoms with van der Waals surface area (Å²) in [6.07, 6.45) is 5.42. The van der Waals surface area contributed by atoms with Gasteiger partial charge in [-0.15, -0.1) is 0 Å². The number of nitrogens with two attached hydrogens (primary N) is 1. The quantitative estimate of drug-likeness (QED) is 0.645. The molecule has 3 N–H and O–H groups in total. The third-order valence-electron chi connectivity index (χ3n) is 3.14. The van der Waals surface area contributed by atoms with E-state index in [-0.39, 0.29) is 5.84 Å². The van der Waals surface area contributed by atoms with E-state index in [4.69, 9.17) is 22.7 Å². The van der Waals surface area contributed by atoms with Crippen LogP contribution in [0.2, 0.25) is 5.02 Å². The molecule has 1 fully saturated rings.